The Balaban J connectivity index is 1.56. The summed E-state index contributed by atoms with van der Waals surface area (Å²) in [6.07, 6.45) is 7.33. The lowest BCUT2D eigenvalue weighted by molar-refractivity contribution is 0.410. The van der Waals surface area contributed by atoms with Crippen molar-refractivity contribution in [2.24, 2.45) is 5.73 Å². The number of pyridine rings is 1. The number of hydrogen-bond acceptors (Lipinski definition) is 8. The Hall–Kier alpha value is -3.02. The van der Waals surface area contributed by atoms with Crippen molar-refractivity contribution >= 4 is 33.3 Å². The molecule has 1 saturated carbocycles. The van der Waals surface area contributed by atoms with Gasteiger partial charge in [0, 0.05) is 30.5 Å². The van der Waals surface area contributed by atoms with Gasteiger partial charge in [0.05, 0.1) is 27.7 Å². The molecule has 4 N–H and O–H groups in total. The first-order valence-electron chi connectivity index (χ1n) is 11.7. The molecule has 0 unspecified atom stereocenters. The van der Waals surface area contributed by atoms with Crippen molar-refractivity contribution in [1.82, 2.24) is 15.0 Å². The molecule has 12 heteroatoms. The molecule has 0 aliphatic heterocycles. The van der Waals surface area contributed by atoms with Gasteiger partial charge in [-0.25, -0.2) is 27.8 Å². The van der Waals surface area contributed by atoms with Crippen molar-refractivity contribution in [2.45, 2.75) is 51.1 Å². The van der Waals surface area contributed by atoms with Crippen LogP contribution in [0.3, 0.4) is 0 Å². The van der Waals surface area contributed by atoms with Crippen molar-refractivity contribution in [1.29, 1.82) is 0 Å². The van der Waals surface area contributed by atoms with Gasteiger partial charge in [-0.15, -0.1) is 0 Å². The fraction of sp³-hybridized carbons (Fsp3) is 0.375. The summed E-state index contributed by atoms with van der Waals surface area (Å²) in [5, 5.41) is 3.25. The van der Waals surface area contributed by atoms with E-state index >= 15 is 0 Å². The number of nitrogens with one attached hydrogen (secondary N) is 2. The summed E-state index contributed by atoms with van der Waals surface area (Å²) in [5.41, 5.74) is 7.04. The van der Waals surface area contributed by atoms with Crippen LogP contribution < -0.4 is 20.5 Å². The van der Waals surface area contributed by atoms with Crippen LogP contribution in [0.5, 0.6) is 11.6 Å². The molecule has 0 amide bonds. The van der Waals surface area contributed by atoms with E-state index < -0.39 is 15.8 Å². The maximum absolute atomic E-state index is 14.9. The van der Waals surface area contributed by atoms with E-state index in [0.717, 1.165) is 31.7 Å². The van der Waals surface area contributed by atoms with Gasteiger partial charge in [0.15, 0.2) is 11.6 Å². The lowest BCUT2D eigenvalue weighted by atomic mass is 9.92. The molecule has 0 saturated heterocycles. The minimum Gasteiger partial charge on any atom is -0.434 e. The average Bonchev–Trinajstić information content (AvgIpc) is 2.83. The van der Waals surface area contributed by atoms with Crippen molar-refractivity contribution in [2.75, 3.05) is 15.8 Å². The maximum Gasteiger partial charge on any atom is 0.232 e. The van der Waals surface area contributed by atoms with Gasteiger partial charge >= 0.3 is 0 Å². The van der Waals surface area contributed by atoms with E-state index in [4.69, 9.17) is 22.1 Å². The van der Waals surface area contributed by atoms with Crippen LogP contribution in [0, 0.1) is 5.82 Å². The van der Waals surface area contributed by atoms with E-state index in [1.165, 1.54) is 12.3 Å². The SMILES string of the molecule is CCCS(=O)(=O)Nc1cc(F)c(Oc2ncccc2-c2ccnc(N[C@H]3CC[C@H](N)CC3)n2)c(Cl)c1. The molecule has 2 aromatic heterocycles. The Morgan fingerprint density at radius 3 is 2.67 bits per heavy atom. The largest absolute Gasteiger partial charge is 0.434 e. The molecule has 3 aromatic rings. The van der Waals surface area contributed by atoms with Crippen LogP contribution in [0.25, 0.3) is 11.3 Å². The normalized spacial score (nSPS) is 18.0. The fourth-order valence-corrected chi connectivity index (χ4v) is 5.37. The summed E-state index contributed by atoms with van der Waals surface area (Å²) >= 11 is 6.26. The Morgan fingerprint density at radius 1 is 1.17 bits per heavy atom. The van der Waals surface area contributed by atoms with Crippen molar-refractivity contribution in [3.8, 4) is 22.9 Å². The minimum absolute atomic E-state index is 0.00901. The molecule has 1 aromatic carbocycles. The molecule has 0 spiro atoms. The van der Waals surface area contributed by atoms with Gasteiger partial charge in [-0.3, -0.25) is 4.72 Å². The summed E-state index contributed by atoms with van der Waals surface area (Å²) in [6, 6.07) is 7.94. The monoisotopic (exact) mass is 534 g/mol. The second-order valence-corrected chi connectivity index (χ2v) is 10.9. The van der Waals surface area contributed by atoms with E-state index in [0.29, 0.717) is 23.6 Å². The summed E-state index contributed by atoms with van der Waals surface area (Å²) in [6.45, 7) is 1.73. The highest BCUT2D eigenvalue weighted by atomic mass is 35.5. The van der Waals surface area contributed by atoms with Gasteiger partial charge < -0.3 is 15.8 Å². The molecular weight excluding hydrogens is 507 g/mol. The molecule has 4 rings (SSSR count). The number of anilines is 2. The molecule has 1 aliphatic rings. The fourth-order valence-electron chi connectivity index (χ4n) is 4.00. The number of hydrogen-bond donors (Lipinski definition) is 3. The van der Waals surface area contributed by atoms with Crippen molar-refractivity contribution in [3.05, 3.63) is 53.6 Å². The molecule has 0 atom stereocenters. The standard InChI is InChI=1S/C24H28ClFN6O3S/c1-2-12-36(33,34)32-17-13-19(25)22(20(26)14-17)35-23-18(4-3-10-28-23)21-9-11-29-24(31-21)30-16-7-5-15(27)6-8-16/h3-4,9-11,13-16,32H,2,5-8,12,27H2,1H3,(H,29,30,31)/t15-,16-. The van der Waals surface area contributed by atoms with Crippen molar-refractivity contribution in [3.63, 3.8) is 0 Å². The topological polar surface area (TPSA) is 132 Å². The van der Waals surface area contributed by atoms with Crippen LogP contribution >= 0.6 is 11.6 Å². The minimum atomic E-state index is -3.61. The first-order valence-corrected chi connectivity index (χ1v) is 13.7. The zero-order chi connectivity index (χ0) is 25.7. The van der Waals surface area contributed by atoms with Crippen LogP contribution in [0.4, 0.5) is 16.0 Å². The molecule has 36 heavy (non-hydrogen) atoms. The number of ether oxygens (including phenoxy) is 1. The van der Waals surface area contributed by atoms with E-state index in [9.17, 15) is 12.8 Å². The lowest BCUT2D eigenvalue weighted by Gasteiger charge is -2.26. The van der Waals surface area contributed by atoms with Gasteiger partial charge in [0.1, 0.15) is 0 Å². The first kappa shape index (κ1) is 26.1. The second-order valence-electron chi connectivity index (χ2n) is 8.67. The molecule has 0 radical (unpaired) electrons. The van der Waals surface area contributed by atoms with Gasteiger partial charge in [-0.1, -0.05) is 18.5 Å². The van der Waals surface area contributed by atoms with Crippen LogP contribution in [-0.2, 0) is 10.0 Å². The summed E-state index contributed by atoms with van der Waals surface area (Å²) < 4.78 is 47.1. The van der Waals surface area contributed by atoms with Crippen LogP contribution in [0.2, 0.25) is 5.02 Å². The van der Waals surface area contributed by atoms with Crippen molar-refractivity contribution < 1.29 is 17.5 Å². The van der Waals surface area contributed by atoms with Crippen LogP contribution in [0.15, 0.2) is 42.7 Å². The smallest absolute Gasteiger partial charge is 0.232 e. The van der Waals surface area contributed by atoms with Crippen LogP contribution in [-0.4, -0.2) is 41.2 Å². The number of aromatic nitrogens is 3. The number of nitrogens with two attached hydrogens (primary N) is 1. The van der Waals surface area contributed by atoms with Gasteiger partial charge in [-0.05, 0) is 56.4 Å². The Bertz CT molecular complexity index is 1300. The highest BCUT2D eigenvalue weighted by molar-refractivity contribution is 7.92. The zero-order valence-corrected chi connectivity index (χ0v) is 21.3. The maximum atomic E-state index is 14.9. The number of halogens is 2. The van der Waals surface area contributed by atoms with E-state index in [2.05, 4.69) is 25.0 Å². The number of benzene rings is 1. The second kappa shape index (κ2) is 11.4. The molecule has 192 valence electrons. The molecule has 1 fully saturated rings. The lowest BCUT2D eigenvalue weighted by Crippen LogP contribution is -2.33. The van der Waals surface area contributed by atoms with Crippen LogP contribution in [0.1, 0.15) is 39.0 Å². The Morgan fingerprint density at radius 2 is 1.94 bits per heavy atom. The highest BCUT2D eigenvalue weighted by Crippen LogP contribution is 2.37. The van der Waals surface area contributed by atoms with E-state index in [-0.39, 0.29) is 40.2 Å². The predicted molar refractivity (Wildman–Crippen MR) is 138 cm³/mol. The first-order chi connectivity index (χ1) is 17.2. The molecule has 1 aliphatic carbocycles. The van der Waals surface area contributed by atoms with Gasteiger partial charge in [-0.2, -0.15) is 0 Å². The molecule has 0 bridgehead atoms. The third kappa shape index (κ3) is 6.59. The summed E-state index contributed by atoms with van der Waals surface area (Å²) in [7, 11) is -3.61. The third-order valence-electron chi connectivity index (χ3n) is 5.75. The average molecular weight is 535 g/mol. The number of sulfonamides is 1. The number of rotatable bonds is 9. The van der Waals surface area contributed by atoms with E-state index in [1.54, 1.807) is 31.3 Å². The molecular formula is C24H28ClFN6O3S. The van der Waals surface area contributed by atoms with Gasteiger partial charge in [0.2, 0.25) is 21.9 Å². The Labute approximate surface area is 214 Å². The quantitative estimate of drug-likeness (QED) is 0.351. The third-order valence-corrected chi connectivity index (χ3v) is 7.52. The summed E-state index contributed by atoms with van der Waals surface area (Å²) in [4.78, 5) is 13.2. The van der Waals surface area contributed by atoms with E-state index in [1.807, 2.05) is 0 Å². The highest BCUT2D eigenvalue weighted by Gasteiger charge is 2.21. The Kier molecular flexibility index (Phi) is 8.22. The number of nitrogens with zero attached hydrogens (tertiary/aromatic N) is 3. The molecule has 9 nitrogen and oxygen atoms in total. The zero-order valence-electron chi connectivity index (χ0n) is 19.7. The summed E-state index contributed by atoms with van der Waals surface area (Å²) in [5.74, 6) is -0.650. The predicted octanol–water partition coefficient (Wildman–Crippen LogP) is 4.96. The van der Waals surface area contributed by atoms with Gasteiger partial charge in [0.25, 0.3) is 0 Å². The molecule has 2 heterocycles.